The van der Waals surface area contributed by atoms with Crippen molar-refractivity contribution in [2.24, 2.45) is 0 Å². The van der Waals surface area contributed by atoms with Crippen LogP contribution in [0, 0.1) is 11.6 Å². The lowest BCUT2D eigenvalue weighted by atomic mass is 10.2. The van der Waals surface area contributed by atoms with Gasteiger partial charge in [-0.1, -0.05) is 11.6 Å². The zero-order valence-electron chi connectivity index (χ0n) is 10.4. The summed E-state index contributed by atoms with van der Waals surface area (Å²) in [4.78, 5) is 15.9. The van der Waals surface area contributed by atoms with E-state index in [0.717, 1.165) is 12.1 Å². The van der Waals surface area contributed by atoms with Crippen LogP contribution >= 0.6 is 11.6 Å². The number of benzene rings is 1. The molecule has 2 aromatic rings. The molecular weight excluding hydrogens is 288 g/mol. The number of nitrogens with zero attached hydrogens (tertiary/aromatic N) is 1. The van der Waals surface area contributed by atoms with Crippen molar-refractivity contribution < 1.29 is 13.6 Å². The van der Waals surface area contributed by atoms with Gasteiger partial charge < -0.3 is 10.6 Å². The average molecular weight is 298 g/mol. The van der Waals surface area contributed by atoms with Crippen LogP contribution in [0.1, 0.15) is 10.4 Å². The van der Waals surface area contributed by atoms with Crippen LogP contribution in [0.15, 0.2) is 30.3 Å². The van der Waals surface area contributed by atoms with Crippen LogP contribution in [0.3, 0.4) is 0 Å². The van der Waals surface area contributed by atoms with E-state index in [9.17, 15) is 13.6 Å². The number of amides is 1. The van der Waals surface area contributed by atoms with Gasteiger partial charge in [0.25, 0.3) is 5.91 Å². The van der Waals surface area contributed by atoms with Crippen LogP contribution in [0.5, 0.6) is 0 Å². The Morgan fingerprint density at radius 2 is 2.00 bits per heavy atom. The zero-order valence-corrected chi connectivity index (χ0v) is 11.1. The minimum Gasteiger partial charge on any atom is -0.373 e. The average Bonchev–Trinajstić information content (AvgIpc) is 2.41. The fourth-order valence-electron chi connectivity index (χ4n) is 1.54. The van der Waals surface area contributed by atoms with Gasteiger partial charge in [0.15, 0.2) is 0 Å². The molecule has 104 valence electrons. The molecule has 0 radical (unpaired) electrons. The van der Waals surface area contributed by atoms with Crippen LogP contribution in [0.4, 0.5) is 20.3 Å². The van der Waals surface area contributed by atoms with Crippen molar-refractivity contribution in [3.8, 4) is 0 Å². The molecule has 0 atom stereocenters. The SMILES string of the molecule is CNc1cc(C(=O)Nc2ccc(F)cc2F)cc(Cl)n1. The van der Waals surface area contributed by atoms with Crippen molar-refractivity contribution in [2.45, 2.75) is 0 Å². The molecule has 0 saturated heterocycles. The van der Waals surface area contributed by atoms with Crippen LogP contribution in [-0.4, -0.2) is 17.9 Å². The quantitative estimate of drug-likeness (QED) is 0.855. The van der Waals surface area contributed by atoms with Gasteiger partial charge in [0.05, 0.1) is 5.69 Å². The summed E-state index contributed by atoms with van der Waals surface area (Å²) >= 11 is 5.77. The molecule has 0 aliphatic carbocycles. The first-order chi connectivity index (χ1) is 9.49. The Balaban J connectivity index is 2.26. The number of rotatable bonds is 3. The van der Waals surface area contributed by atoms with Gasteiger partial charge in [0.1, 0.15) is 22.6 Å². The third-order valence-corrected chi connectivity index (χ3v) is 2.69. The second kappa shape index (κ2) is 5.83. The summed E-state index contributed by atoms with van der Waals surface area (Å²) in [5, 5.41) is 5.21. The van der Waals surface area contributed by atoms with Gasteiger partial charge in [-0.15, -0.1) is 0 Å². The van der Waals surface area contributed by atoms with E-state index in [1.165, 1.54) is 12.1 Å². The van der Waals surface area contributed by atoms with Gasteiger partial charge in [0.2, 0.25) is 0 Å². The van der Waals surface area contributed by atoms with E-state index in [0.29, 0.717) is 11.9 Å². The molecule has 20 heavy (non-hydrogen) atoms. The number of hydrogen-bond acceptors (Lipinski definition) is 3. The number of halogens is 3. The fourth-order valence-corrected chi connectivity index (χ4v) is 1.75. The van der Waals surface area contributed by atoms with Crippen molar-refractivity contribution in [1.82, 2.24) is 4.98 Å². The second-order valence-corrected chi connectivity index (χ2v) is 4.28. The number of carbonyl (C=O) groups excluding carboxylic acids is 1. The molecule has 0 aliphatic rings. The molecule has 4 nitrogen and oxygen atoms in total. The van der Waals surface area contributed by atoms with Crippen LogP contribution in [0.25, 0.3) is 0 Å². The smallest absolute Gasteiger partial charge is 0.255 e. The molecule has 1 heterocycles. The third-order valence-electron chi connectivity index (χ3n) is 2.49. The number of pyridine rings is 1. The molecule has 0 spiro atoms. The monoisotopic (exact) mass is 297 g/mol. The van der Waals surface area contributed by atoms with Crippen LogP contribution in [0.2, 0.25) is 5.15 Å². The molecule has 0 aliphatic heterocycles. The van der Waals surface area contributed by atoms with Gasteiger partial charge in [-0.05, 0) is 24.3 Å². The number of hydrogen-bond donors (Lipinski definition) is 2. The summed E-state index contributed by atoms with van der Waals surface area (Å²) in [7, 11) is 1.62. The van der Waals surface area contributed by atoms with E-state index in [1.54, 1.807) is 7.05 Å². The van der Waals surface area contributed by atoms with Crippen LogP contribution < -0.4 is 10.6 Å². The lowest BCUT2D eigenvalue weighted by molar-refractivity contribution is 0.102. The van der Waals surface area contributed by atoms with Gasteiger partial charge in [0, 0.05) is 18.7 Å². The molecule has 2 rings (SSSR count). The van der Waals surface area contributed by atoms with E-state index in [2.05, 4.69) is 15.6 Å². The standard InChI is InChI=1S/C13H10ClF2N3O/c1-17-12-5-7(4-11(14)19-12)13(20)18-10-3-2-8(15)6-9(10)16/h2-6H,1H3,(H,17,19)(H,18,20). The number of anilines is 2. The van der Waals surface area contributed by atoms with Crippen molar-refractivity contribution in [3.63, 3.8) is 0 Å². The van der Waals surface area contributed by atoms with E-state index in [-0.39, 0.29) is 16.4 Å². The predicted molar refractivity (Wildman–Crippen MR) is 73.1 cm³/mol. The zero-order chi connectivity index (χ0) is 14.7. The van der Waals surface area contributed by atoms with Crippen LogP contribution in [-0.2, 0) is 0 Å². The highest BCUT2D eigenvalue weighted by Crippen LogP contribution is 2.18. The minimum absolute atomic E-state index is 0.115. The highest BCUT2D eigenvalue weighted by atomic mass is 35.5. The van der Waals surface area contributed by atoms with Gasteiger partial charge in [-0.25, -0.2) is 13.8 Å². The lowest BCUT2D eigenvalue weighted by Crippen LogP contribution is -2.13. The summed E-state index contributed by atoms with van der Waals surface area (Å²) < 4.78 is 26.2. The second-order valence-electron chi connectivity index (χ2n) is 3.89. The first-order valence-electron chi connectivity index (χ1n) is 5.61. The summed E-state index contributed by atoms with van der Waals surface area (Å²) in [6.45, 7) is 0. The third kappa shape index (κ3) is 3.21. The Morgan fingerprint density at radius 3 is 2.65 bits per heavy atom. The number of aromatic nitrogens is 1. The maximum atomic E-state index is 13.4. The summed E-state index contributed by atoms with van der Waals surface area (Å²) in [6.07, 6.45) is 0. The van der Waals surface area contributed by atoms with E-state index >= 15 is 0 Å². The van der Waals surface area contributed by atoms with Crippen molar-refractivity contribution in [1.29, 1.82) is 0 Å². The molecule has 1 amide bonds. The molecule has 0 fully saturated rings. The summed E-state index contributed by atoms with van der Waals surface area (Å²) in [6, 6.07) is 5.69. The summed E-state index contributed by atoms with van der Waals surface area (Å²) in [5.41, 5.74) is 0.0911. The molecule has 1 aromatic heterocycles. The van der Waals surface area contributed by atoms with Gasteiger partial charge >= 0.3 is 0 Å². The molecule has 2 N–H and O–H groups in total. The first-order valence-corrected chi connectivity index (χ1v) is 5.99. The highest BCUT2D eigenvalue weighted by molar-refractivity contribution is 6.30. The maximum Gasteiger partial charge on any atom is 0.255 e. The van der Waals surface area contributed by atoms with E-state index in [1.807, 2.05) is 0 Å². The molecule has 0 unspecified atom stereocenters. The number of nitrogens with one attached hydrogen (secondary N) is 2. The Labute approximate surface area is 118 Å². The van der Waals surface area contributed by atoms with E-state index < -0.39 is 17.5 Å². The highest BCUT2D eigenvalue weighted by Gasteiger charge is 2.12. The molecule has 0 bridgehead atoms. The Morgan fingerprint density at radius 1 is 1.25 bits per heavy atom. The Kier molecular flexibility index (Phi) is 4.14. The van der Waals surface area contributed by atoms with Crippen molar-refractivity contribution in [2.75, 3.05) is 17.7 Å². The Hall–Kier alpha value is -2.21. The first kappa shape index (κ1) is 14.2. The largest absolute Gasteiger partial charge is 0.373 e. The lowest BCUT2D eigenvalue weighted by Gasteiger charge is -2.08. The normalized spacial score (nSPS) is 10.2. The predicted octanol–water partition coefficient (Wildman–Crippen LogP) is 3.31. The fraction of sp³-hybridized carbons (Fsp3) is 0.0769. The van der Waals surface area contributed by atoms with Gasteiger partial charge in [-0.2, -0.15) is 0 Å². The topological polar surface area (TPSA) is 54.0 Å². The minimum atomic E-state index is -0.854. The molecular formula is C13H10ClF2N3O. The molecule has 7 heteroatoms. The van der Waals surface area contributed by atoms with Crippen molar-refractivity contribution >= 4 is 29.0 Å². The van der Waals surface area contributed by atoms with Gasteiger partial charge in [-0.3, -0.25) is 4.79 Å². The van der Waals surface area contributed by atoms with Crippen molar-refractivity contribution in [3.05, 3.63) is 52.7 Å². The maximum absolute atomic E-state index is 13.4. The molecule has 0 saturated carbocycles. The van der Waals surface area contributed by atoms with E-state index in [4.69, 9.17) is 11.6 Å². The Bertz CT molecular complexity index is 664. The molecule has 1 aromatic carbocycles. The number of carbonyl (C=O) groups is 1. The summed E-state index contributed by atoms with van der Waals surface area (Å²) in [5.74, 6) is -1.74.